The first-order chi connectivity index (χ1) is 7.61. The number of amides is 1. The van der Waals surface area contributed by atoms with Gasteiger partial charge in [0.05, 0.1) is 0 Å². The zero-order valence-corrected chi connectivity index (χ0v) is 9.87. The molecule has 88 valence electrons. The second-order valence-electron chi connectivity index (χ2n) is 3.67. The Bertz CT molecular complexity index is 341. The Hall–Kier alpha value is -1.20. The first kappa shape index (κ1) is 12.9. The van der Waals surface area contributed by atoms with Crippen LogP contribution in [0.1, 0.15) is 19.8 Å². The molecule has 0 saturated heterocycles. The van der Waals surface area contributed by atoms with E-state index in [-0.39, 0.29) is 5.91 Å². The predicted octanol–water partition coefficient (Wildman–Crippen LogP) is 1.44. The average molecular weight is 243 g/mol. The highest BCUT2D eigenvalue weighted by Crippen LogP contribution is 2.08. The van der Waals surface area contributed by atoms with Crippen molar-refractivity contribution in [3.05, 3.63) is 17.3 Å². The van der Waals surface area contributed by atoms with E-state index >= 15 is 0 Å². The predicted molar refractivity (Wildman–Crippen MR) is 63.1 cm³/mol. The molecule has 0 bridgehead atoms. The van der Waals surface area contributed by atoms with Gasteiger partial charge in [0.15, 0.2) is 11.0 Å². The highest BCUT2D eigenvalue weighted by atomic mass is 35.5. The number of halogens is 1. The molecule has 0 radical (unpaired) electrons. The minimum atomic E-state index is -0.0862. The lowest BCUT2D eigenvalue weighted by atomic mass is 10.1. The van der Waals surface area contributed by atoms with E-state index in [9.17, 15) is 4.79 Å². The molecule has 0 saturated carbocycles. The summed E-state index contributed by atoms with van der Waals surface area (Å²) in [4.78, 5) is 11.5. The Morgan fingerprint density at radius 2 is 2.31 bits per heavy atom. The van der Waals surface area contributed by atoms with Gasteiger partial charge in [-0.2, -0.15) is 0 Å². The molecule has 1 aromatic heterocycles. The van der Waals surface area contributed by atoms with Gasteiger partial charge < -0.3 is 11.1 Å². The Kier molecular flexibility index (Phi) is 5.14. The van der Waals surface area contributed by atoms with E-state index in [0.717, 1.165) is 6.42 Å². The molecule has 1 amide bonds. The number of hydrogen-bond acceptors (Lipinski definition) is 4. The molecule has 0 aliphatic carbocycles. The lowest BCUT2D eigenvalue weighted by molar-refractivity contribution is -0.116. The molecule has 1 aromatic rings. The van der Waals surface area contributed by atoms with E-state index in [1.165, 1.54) is 0 Å². The second-order valence-corrected chi connectivity index (χ2v) is 4.06. The van der Waals surface area contributed by atoms with Crippen molar-refractivity contribution >= 4 is 23.3 Å². The molecule has 5 nitrogen and oxygen atoms in total. The van der Waals surface area contributed by atoms with Crippen molar-refractivity contribution in [3.63, 3.8) is 0 Å². The van der Waals surface area contributed by atoms with E-state index in [4.69, 9.17) is 17.3 Å². The van der Waals surface area contributed by atoms with Crippen LogP contribution in [-0.4, -0.2) is 22.6 Å². The fourth-order valence-corrected chi connectivity index (χ4v) is 1.18. The Morgan fingerprint density at radius 3 is 2.88 bits per heavy atom. The van der Waals surface area contributed by atoms with Gasteiger partial charge in [0.1, 0.15) is 0 Å². The maximum absolute atomic E-state index is 11.5. The van der Waals surface area contributed by atoms with Crippen molar-refractivity contribution in [2.24, 2.45) is 11.7 Å². The maximum atomic E-state index is 11.5. The van der Waals surface area contributed by atoms with E-state index in [2.05, 4.69) is 15.5 Å². The van der Waals surface area contributed by atoms with Gasteiger partial charge in [0, 0.05) is 6.42 Å². The molecule has 0 spiro atoms. The number of rotatable bonds is 5. The van der Waals surface area contributed by atoms with Crippen molar-refractivity contribution in [2.75, 3.05) is 11.9 Å². The van der Waals surface area contributed by atoms with Crippen LogP contribution in [0.2, 0.25) is 5.15 Å². The molecule has 1 atom stereocenters. The number of carbonyl (C=O) groups is 1. The van der Waals surface area contributed by atoms with Crippen LogP contribution in [0, 0.1) is 5.92 Å². The minimum absolute atomic E-state index is 0.0862. The SMILES string of the molecule is CC(CN)CCC(=O)Nc1ccc(Cl)nn1. The summed E-state index contributed by atoms with van der Waals surface area (Å²) < 4.78 is 0. The molecule has 3 N–H and O–H groups in total. The van der Waals surface area contributed by atoms with E-state index < -0.39 is 0 Å². The van der Waals surface area contributed by atoms with Gasteiger partial charge in [0.25, 0.3) is 0 Å². The standard InChI is InChI=1S/C10H15ClN4O/c1-7(6-12)2-5-10(16)13-9-4-3-8(11)14-15-9/h3-4,7H,2,5-6,12H2,1H3,(H,13,15,16). The normalized spacial score (nSPS) is 12.2. The number of nitrogens with one attached hydrogen (secondary N) is 1. The topological polar surface area (TPSA) is 80.9 Å². The summed E-state index contributed by atoms with van der Waals surface area (Å²) in [5.74, 6) is 0.675. The van der Waals surface area contributed by atoms with Gasteiger partial charge in [-0.3, -0.25) is 4.79 Å². The second kappa shape index (κ2) is 6.40. The first-order valence-corrected chi connectivity index (χ1v) is 5.48. The van der Waals surface area contributed by atoms with Crippen molar-refractivity contribution in [2.45, 2.75) is 19.8 Å². The molecule has 0 aliphatic heterocycles. The zero-order valence-electron chi connectivity index (χ0n) is 9.11. The van der Waals surface area contributed by atoms with Crippen LogP contribution >= 0.6 is 11.6 Å². The van der Waals surface area contributed by atoms with Gasteiger partial charge in [-0.25, -0.2) is 0 Å². The van der Waals surface area contributed by atoms with Crippen LogP contribution < -0.4 is 11.1 Å². The van der Waals surface area contributed by atoms with E-state index in [1.54, 1.807) is 12.1 Å². The van der Waals surface area contributed by atoms with Crippen LogP contribution in [0.4, 0.5) is 5.82 Å². The Labute approximate surface area is 99.4 Å². The maximum Gasteiger partial charge on any atom is 0.225 e. The summed E-state index contributed by atoms with van der Waals surface area (Å²) in [6.07, 6.45) is 1.20. The van der Waals surface area contributed by atoms with Gasteiger partial charge >= 0.3 is 0 Å². The highest BCUT2D eigenvalue weighted by molar-refractivity contribution is 6.29. The van der Waals surface area contributed by atoms with Gasteiger partial charge in [-0.15, -0.1) is 10.2 Å². The van der Waals surface area contributed by atoms with Crippen LogP contribution in [-0.2, 0) is 4.79 Å². The number of anilines is 1. The minimum Gasteiger partial charge on any atom is -0.330 e. The number of nitrogens with zero attached hydrogens (tertiary/aromatic N) is 2. The number of carbonyl (C=O) groups excluding carboxylic acids is 1. The fraction of sp³-hybridized carbons (Fsp3) is 0.500. The fourth-order valence-electron chi connectivity index (χ4n) is 1.08. The molecule has 0 fully saturated rings. The third-order valence-electron chi connectivity index (χ3n) is 2.17. The Morgan fingerprint density at radius 1 is 1.56 bits per heavy atom. The summed E-state index contributed by atoms with van der Waals surface area (Å²) in [5, 5.41) is 10.3. The molecule has 1 rings (SSSR count). The molecule has 1 unspecified atom stereocenters. The van der Waals surface area contributed by atoms with Crippen LogP contribution in [0.15, 0.2) is 12.1 Å². The Balaban J connectivity index is 2.37. The highest BCUT2D eigenvalue weighted by Gasteiger charge is 2.06. The molecule has 6 heteroatoms. The summed E-state index contributed by atoms with van der Waals surface area (Å²) in [6, 6.07) is 3.19. The van der Waals surface area contributed by atoms with E-state index in [1.807, 2.05) is 6.92 Å². The quantitative estimate of drug-likeness (QED) is 0.819. The molecule has 16 heavy (non-hydrogen) atoms. The van der Waals surface area contributed by atoms with Gasteiger partial charge in [-0.1, -0.05) is 18.5 Å². The lowest BCUT2D eigenvalue weighted by Crippen LogP contribution is -2.17. The van der Waals surface area contributed by atoms with E-state index in [0.29, 0.717) is 29.9 Å². The van der Waals surface area contributed by atoms with Crippen molar-refractivity contribution in [1.82, 2.24) is 10.2 Å². The average Bonchev–Trinajstić information content (AvgIpc) is 2.29. The molecular weight excluding hydrogens is 228 g/mol. The zero-order chi connectivity index (χ0) is 12.0. The lowest BCUT2D eigenvalue weighted by Gasteiger charge is -2.07. The molecule has 0 aliphatic rings. The summed E-state index contributed by atoms with van der Waals surface area (Å²) in [5.41, 5.74) is 5.46. The number of nitrogens with two attached hydrogens (primary N) is 1. The molecular formula is C10H15ClN4O. The first-order valence-electron chi connectivity index (χ1n) is 5.11. The molecule has 1 heterocycles. The summed E-state index contributed by atoms with van der Waals surface area (Å²) in [6.45, 7) is 2.60. The number of aromatic nitrogens is 2. The summed E-state index contributed by atoms with van der Waals surface area (Å²) in [7, 11) is 0. The third-order valence-corrected chi connectivity index (χ3v) is 2.37. The van der Waals surface area contributed by atoms with Crippen molar-refractivity contribution in [3.8, 4) is 0 Å². The van der Waals surface area contributed by atoms with Crippen LogP contribution in [0.5, 0.6) is 0 Å². The van der Waals surface area contributed by atoms with Gasteiger partial charge in [0.2, 0.25) is 5.91 Å². The van der Waals surface area contributed by atoms with Crippen molar-refractivity contribution in [1.29, 1.82) is 0 Å². The summed E-state index contributed by atoms with van der Waals surface area (Å²) >= 11 is 5.57. The smallest absolute Gasteiger partial charge is 0.225 e. The number of hydrogen-bond donors (Lipinski definition) is 2. The van der Waals surface area contributed by atoms with Crippen LogP contribution in [0.3, 0.4) is 0 Å². The largest absolute Gasteiger partial charge is 0.330 e. The van der Waals surface area contributed by atoms with Crippen molar-refractivity contribution < 1.29 is 4.79 Å². The van der Waals surface area contributed by atoms with Crippen LogP contribution in [0.25, 0.3) is 0 Å². The monoisotopic (exact) mass is 242 g/mol. The van der Waals surface area contributed by atoms with Gasteiger partial charge in [-0.05, 0) is 31.0 Å². The molecule has 0 aromatic carbocycles. The third kappa shape index (κ3) is 4.55.